The molecule has 6 atom stereocenters. The number of fused-ring (bicyclic) bond motifs is 4. The third kappa shape index (κ3) is 3.37. The van der Waals surface area contributed by atoms with Gasteiger partial charge >= 0.3 is 0 Å². The van der Waals surface area contributed by atoms with Crippen LogP contribution in [0, 0.1) is 11.8 Å². The van der Waals surface area contributed by atoms with Crippen LogP contribution in [0.15, 0.2) is 18.2 Å². The summed E-state index contributed by atoms with van der Waals surface area (Å²) >= 11 is 0. The first-order valence-electron chi connectivity index (χ1n) is 11.6. The van der Waals surface area contributed by atoms with Crippen molar-refractivity contribution in [2.24, 2.45) is 11.8 Å². The molecule has 3 heteroatoms. The molecule has 148 valence electrons. The van der Waals surface area contributed by atoms with Gasteiger partial charge in [0.25, 0.3) is 0 Å². The average Bonchev–Trinajstić information content (AvgIpc) is 2.82. The van der Waals surface area contributed by atoms with Crippen LogP contribution in [-0.4, -0.2) is 23.0 Å². The summed E-state index contributed by atoms with van der Waals surface area (Å²) in [5.41, 5.74) is 15.4. The lowest BCUT2D eigenvalue weighted by Crippen LogP contribution is -2.57. The van der Waals surface area contributed by atoms with Gasteiger partial charge in [-0.05, 0) is 74.3 Å². The Morgan fingerprint density at radius 2 is 1.37 bits per heavy atom. The normalized spacial score (nSPS) is 39.7. The van der Waals surface area contributed by atoms with Crippen molar-refractivity contribution >= 4 is 11.4 Å². The van der Waals surface area contributed by atoms with Crippen LogP contribution in [0.4, 0.5) is 11.4 Å². The molecule has 1 aromatic carbocycles. The molecular weight excluding hydrogens is 330 g/mol. The second-order valence-corrected chi connectivity index (χ2v) is 10.1. The second kappa shape index (κ2) is 7.31. The topological polar surface area (TPSA) is 55.3 Å². The lowest BCUT2D eigenvalue weighted by molar-refractivity contribution is -0.0338. The fourth-order valence-corrected chi connectivity index (χ4v) is 7.34. The maximum absolute atomic E-state index is 6.38. The molecule has 2 heterocycles. The highest BCUT2D eigenvalue weighted by Crippen LogP contribution is 2.48. The van der Waals surface area contributed by atoms with E-state index in [9.17, 15) is 0 Å². The maximum Gasteiger partial charge on any atom is 0.0583 e. The van der Waals surface area contributed by atoms with Gasteiger partial charge in [0.1, 0.15) is 0 Å². The van der Waals surface area contributed by atoms with Gasteiger partial charge in [0.2, 0.25) is 0 Å². The Morgan fingerprint density at radius 3 is 2.04 bits per heavy atom. The number of piperidine rings is 2. The van der Waals surface area contributed by atoms with Crippen molar-refractivity contribution in [3.05, 3.63) is 23.8 Å². The number of hydrogen-bond donors (Lipinski definition) is 2. The molecule has 2 aliphatic heterocycles. The Bertz CT molecular complexity index is 644. The minimum atomic E-state index is 0.603. The van der Waals surface area contributed by atoms with Crippen LogP contribution in [-0.2, 0) is 0 Å². The molecule has 2 saturated carbocycles. The highest BCUT2D eigenvalue weighted by atomic mass is 15.2. The Balaban J connectivity index is 1.36. The molecule has 27 heavy (non-hydrogen) atoms. The van der Waals surface area contributed by atoms with E-state index in [0.29, 0.717) is 5.92 Å². The summed E-state index contributed by atoms with van der Waals surface area (Å²) in [5.74, 6) is 2.63. The second-order valence-electron chi connectivity index (χ2n) is 10.1. The molecule has 5 rings (SSSR count). The SMILES string of the molecule is Nc1cccc([C@@H]2C[C@H]3CCC[C@@H](C2)N3[C@H]2C[C@@H]3CCCC[C@@H](C3)C2)c1N. The largest absolute Gasteiger partial charge is 0.397 e. The predicted molar refractivity (Wildman–Crippen MR) is 114 cm³/mol. The smallest absolute Gasteiger partial charge is 0.0583 e. The van der Waals surface area contributed by atoms with Crippen LogP contribution in [0.1, 0.15) is 88.5 Å². The third-order valence-electron chi connectivity index (χ3n) is 8.42. The molecule has 0 aromatic heterocycles. The summed E-state index contributed by atoms with van der Waals surface area (Å²) in [6.07, 6.45) is 17.2. The van der Waals surface area contributed by atoms with E-state index in [0.717, 1.165) is 41.3 Å². The summed E-state index contributed by atoms with van der Waals surface area (Å²) in [4.78, 5) is 3.03. The van der Waals surface area contributed by atoms with Crippen LogP contribution in [0.2, 0.25) is 0 Å². The van der Waals surface area contributed by atoms with Crippen molar-refractivity contribution in [3.8, 4) is 0 Å². The quantitative estimate of drug-likeness (QED) is 0.696. The molecule has 0 unspecified atom stereocenters. The zero-order valence-corrected chi connectivity index (χ0v) is 16.8. The van der Waals surface area contributed by atoms with Gasteiger partial charge in [0, 0.05) is 18.1 Å². The highest BCUT2D eigenvalue weighted by molar-refractivity contribution is 5.68. The molecule has 2 saturated heterocycles. The average molecular weight is 368 g/mol. The van der Waals surface area contributed by atoms with E-state index in [1.165, 1.54) is 82.6 Å². The number of benzene rings is 1. The Hall–Kier alpha value is -1.22. The van der Waals surface area contributed by atoms with E-state index in [2.05, 4.69) is 17.0 Å². The first kappa shape index (κ1) is 17.8. The number of nitrogens with zero attached hydrogens (tertiary/aromatic N) is 1. The van der Waals surface area contributed by atoms with Crippen molar-refractivity contribution in [3.63, 3.8) is 0 Å². The van der Waals surface area contributed by atoms with Gasteiger partial charge in [-0.3, -0.25) is 4.90 Å². The highest BCUT2D eigenvalue weighted by Gasteiger charge is 2.44. The van der Waals surface area contributed by atoms with Crippen LogP contribution in [0.3, 0.4) is 0 Å². The maximum atomic E-state index is 6.38. The van der Waals surface area contributed by atoms with Crippen molar-refractivity contribution in [1.82, 2.24) is 4.90 Å². The summed E-state index contributed by atoms with van der Waals surface area (Å²) in [5, 5.41) is 0. The Kier molecular flexibility index (Phi) is 4.83. The van der Waals surface area contributed by atoms with Crippen molar-refractivity contribution < 1.29 is 0 Å². The van der Waals surface area contributed by atoms with E-state index in [4.69, 9.17) is 11.5 Å². The number of nitrogens with two attached hydrogens (primary N) is 2. The zero-order chi connectivity index (χ0) is 18.4. The first-order chi connectivity index (χ1) is 13.2. The summed E-state index contributed by atoms with van der Waals surface area (Å²) in [6, 6.07) is 8.67. The summed E-state index contributed by atoms with van der Waals surface area (Å²) in [6.45, 7) is 0. The van der Waals surface area contributed by atoms with Crippen LogP contribution in [0.5, 0.6) is 0 Å². The first-order valence-corrected chi connectivity index (χ1v) is 11.6. The van der Waals surface area contributed by atoms with E-state index in [-0.39, 0.29) is 0 Å². The third-order valence-corrected chi connectivity index (χ3v) is 8.42. The van der Waals surface area contributed by atoms with Crippen molar-refractivity contribution in [2.45, 2.75) is 101 Å². The van der Waals surface area contributed by atoms with E-state index in [1.54, 1.807) is 0 Å². The molecule has 0 radical (unpaired) electrons. The van der Waals surface area contributed by atoms with Crippen LogP contribution >= 0.6 is 0 Å². The van der Waals surface area contributed by atoms with Gasteiger partial charge in [-0.1, -0.05) is 44.2 Å². The summed E-state index contributed by atoms with van der Waals surface area (Å²) in [7, 11) is 0. The molecule has 4 aliphatic rings. The predicted octanol–water partition coefficient (Wildman–Crippen LogP) is 5.31. The van der Waals surface area contributed by atoms with E-state index >= 15 is 0 Å². The zero-order valence-electron chi connectivity index (χ0n) is 16.8. The molecule has 0 spiro atoms. The number of rotatable bonds is 2. The van der Waals surface area contributed by atoms with Gasteiger partial charge in [-0.2, -0.15) is 0 Å². The van der Waals surface area contributed by atoms with Crippen molar-refractivity contribution in [2.75, 3.05) is 11.5 Å². The summed E-state index contributed by atoms with van der Waals surface area (Å²) < 4.78 is 0. The molecule has 4 N–H and O–H groups in total. The molecule has 1 aromatic rings. The monoisotopic (exact) mass is 367 g/mol. The molecule has 2 aliphatic carbocycles. The molecule has 4 fully saturated rings. The van der Waals surface area contributed by atoms with E-state index < -0.39 is 0 Å². The number of nitrogen functional groups attached to an aromatic ring is 2. The van der Waals surface area contributed by atoms with Crippen molar-refractivity contribution in [1.29, 1.82) is 0 Å². The fourth-order valence-electron chi connectivity index (χ4n) is 7.34. The minimum Gasteiger partial charge on any atom is -0.397 e. The molecular formula is C24H37N3. The number of anilines is 2. The fraction of sp³-hybridized carbons (Fsp3) is 0.750. The van der Waals surface area contributed by atoms with Gasteiger partial charge in [0.15, 0.2) is 0 Å². The van der Waals surface area contributed by atoms with Crippen LogP contribution < -0.4 is 11.5 Å². The van der Waals surface area contributed by atoms with E-state index in [1.807, 2.05) is 6.07 Å². The molecule has 4 bridgehead atoms. The van der Waals surface area contributed by atoms with Gasteiger partial charge in [-0.25, -0.2) is 0 Å². The Morgan fingerprint density at radius 1 is 0.704 bits per heavy atom. The van der Waals surface area contributed by atoms with Gasteiger partial charge < -0.3 is 11.5 Å². The molecule has 3 nitrogen and oxygen atoms in total. The van der Waals surface area contributed by atoms with Crippen LogP contribution in [0.25, 0.3) is 0 Å². The lowest BCUT2D eigenvalue weighted by atomic mass is 9.71. The molecule has 0 amide bonds. The number of para-hydroxylation sites is 1. The lowest BCUT2D eigenvalue weighted by Gasteiger charge is -2.54. The van der Waals surface area contributed by atoms with Gasteiger partial charge in [-0.15, -0.1) is 0 Å². The standard InChI is InChI=1S/C24H37N3/c25-23-10-4-9-22(24(23)26)18-14-19-7-3-8-20(15-18)27(19)21-12-16-5-1-2-6-17(11-16)13-21/h4,9-10,16-21H,1-3,5-8,11-15,25-26H2/t16-,17+,18-,19-,20+,21+. The Labute approximate surface area is 164 Å². The minimum absolute atomic E-state index is 0.603. The number of hydrogen-bond acceptors (Lipinski definition) is 3. The van der Waals surface area contributed by atoms with Gasteiger partial charge in [0.05, 0.1) is 11.4 Å².